The van der Waals surface area contributed by atoms with Crippen LogP contribution < -0.4 is 14.8 Å². The summed E-state index contributed by atoms with van der Waals surface area (Å²) in [6.07, 6.45) is 12.8. The van der Waals surface area contributed by atoms with Gasteiger partial charge in [-0.05, 0) is 66.3 Å². The Balaban J connectivity index is 1.35. The number of nitrogens with one attached hydrogen (secondary N) is 1. The van der Waals surface area contributed by atoms with Crippen LogP contribution in [-0.4, -0.2) is 19.9 Å². The second-order valence-corrected chi connectivity index (χ2v) is 9.35. The first kappa shape index (κ1) is 23.1. The average Bonchev–Trinajstić information content (AvgIpc) is 3.37. The van der Waals surface area contributed by atoms with E-state index in [4.69, 9.17) is 27.5 Å². The molecule has 2 aliphatic rings. The van der Waals surface area contributed by atoms with Crippen molar-refractivity contribution in [1.82, 2.24) is 0 Å². The summed E-state index contributed by atoms with van der Waals surface area (Å²) in [5.74, 6) is 4.36. The maximum absolute atomic E-state index is 6.38. The number of hydrogen-bond acceptors (Lipinski definition) is 4. The summed E-state index contributed by atoms with van der Waals surface area (Å²) < 4.78 is 10.9. The van der Waals surface area contributed by atoms with E-state index in [1.165, 1.54) is 22.4 Å². The van der Waals surface area contributed by atoms with E-state index < -0.39 is 0 Å². The van der Waals surface area contributed by atoms with Crippen molar-refractivity contribution in [2.24, 2.45) is 10.9 Å². The van der Waals surface area contributed by atoms with Gasteiger partial charge in [0, 0.05) is 17.8 Å². The number of fused-ring (bicyclic) bond motifs is 3. The molecule has 0 aromatic heterocycles. The fourth-order valence-corrected chi connectivity index (χ4v) is 5.30. The van der Waals surface area contributed by atoms with Crippen molar-refractivity contribution in [1.29, 1.82) is 0 Å². The van der Waals surface area contributed by atoms with Crippen molar-refractivity contribution in [3.63, 3.8) is 0 Å². The van der Waals surface area contributed by atoms with Gasteiger partial charge < -0.3 is 14.8 Å². The minimum Gasteiger partial charge on any atom is -0.493 e. The lowest BCUT2D eigenvalue weighted by Gasteiger charge is -2.37. The number of terminal acetylenes is 1. The molecule has 5 heteroatoms. The maximum atomic E-state index is 6.38. The molecule has 1 aliphatic carbocycles. The molecule has 0 saturated carbocycles. The molecule has 4 nitrogen and oxygen atoms in total. The van der Waals surface area contributed by atoms with Crippen molar-refractivity contribution < 1.29 is 9.47 Å². The molecule has 0 saturated heterocycles. The van der Waals surface area contributed by atoms with Gasteiger partial charge in [-0.15, -0.1) is 6.42 Å². The second-order valence-electron chi connectivity index (χ2n) is 8.94. The number of rotatable bonds is 6. The molecule has 0 amide bonds. The Kier molecular flexibility index (Phi) is 6.53. The number of allylic oxidation sites excluding steroid dienone is 2. The van der Waals surface area contributed by atoms with Gasteiger partial charge in [0.15, 0.2) is 11.5 Å². The maximum Gasteiger partial charge on any atom is 0.181 e. The van der Waals surface area contributed by atoms with Gasteiger partial charge in [-0.2, -0.15) is 0 Å². The summed E-state index contributed by atoms with van der Waals surface area (Å²) in [5.41, 5.74) is 6.89. The van der Waals surface area contributed by atoms with Crippen LogP contribution in [0.5, 0.6) is 11.5 Å². The fourth-order valence-electron chi connectivity index (χ4n) is 5.03. The molecule has 3 aromatic rings. The Hall–Kier alpha value is -3.68. The molecule has 0 radical (unpaired) electrons. The SMILES string of the molecule is C#CCOc1c(Cl)cc(C=Nc2ccc([C@@H]3Nc4ccc(C)cc4[C@H]4C=CC[C@@H]43)cc2)cc1OC. The lowest BCUT2D eigenvalue weighted by Crippen LogP contribution is -2.29. The van der Waals surface area contributed by atoms with E-state index in [-0.39, 0.29) is 12.6 Å². The van der Waals surface area contributed by atoms with Crippen LogP contribution in [0.1, 0.15) is 40.6 Å². The zero-order valence-electron chi connectivity index (χ0n) is 19.8. The molecule has 0 spiro atoms. The molecule has 176 valence electrons. The number of aliphatic imine (C=N–C) groups is 1. The first-order valence-electron chi connectivity index (χ1n) is 11.7. The third kappa shape index (κ3) is 4.65. The molecule has 1 N–H and O–H groups in total. The van der Waals surface area contributed by atoms with Gasteiger partial charge in [0.05, 0.1) is 23.9 Å². The Morgan fingerprint density at radius 1 is 1.17 bits per heavy atom. The van der Waals surface area contributed by atoms with E-state index in [2.05, 4.69) is 77.8 Å². The summed E-state index contributed by atoms with van der Waals surface area (Å²) in [5, 5.41) is 4.22. The zero-order chi connectivity index (χ0) is 24.4. The normalized spacial score (nSPS) is 20.1. The number of anilines is 1. The van der Waals surface area contributed by atoms with Crippen molar-refractivity contribution in [2.75, 3.05) is 19.0 Å². The van der Waals surface area contributed by atoms with Gasteiger partial charge in [-0.1, -0.05) is 59.5 Å². The smallest absolute Gasteiger partial charge is 0.181 e. The van der Waals surface area contributed by atoms with Crippen LogP contribution in [0.25, 0.3) is 0 Å². The molecule has 0 bridgehead atoms. The standard InChI is InChI=1S/C30H27ClN2O2/c1-4-14-35-30-26(31)16-20(17-28(30)34-3)18-32-22-11-9-21(10-12-22)29-24-7-5-6-23(24)25-15-19(2)8-13-27(25)33-29/h1,5-6,8-13,15-18,23-24,29,33H,7,14H2,2-3H3/t23-,24-,29-/m0/s1. The monoisotopic (exact) mass is 482 g/mol. The third-order valence-electron chi connectivity index (χ3n) is 6.68. The Morgan fingerprint density at radius 2 is 2.00 bits per heavy atom. The van der Waals surface area contributed by atoms with Crippen molar-refractivity contribution in [2.45, 2.75) is 25.3 Å². The van der Waals surface area contributed by atoms with Crippen LogP contribution in [0.3, 0.4) is 0 Å². The topological polar surface area (TPSA) is 42.8 Å². The lowest BCUT2D eigenvalue weighted by molar-refractivity contribution is 0.331. The van der Waals surface area contributed by atoms with Gasteiger partial charge in [0.2, 0.25) is 0 Å². The van der Waals surface area contributed by atoms with E-state index >= 15 is 0 Å². The Labute approximate surface area is 211 Å². The van der Waals surface area contributed by atoms with Crippen LogP contribution in [0.4, 0.5) is 11.4 Å². The third-order valence-corrected chi connectivity index (χ3v) is 6.97. The molecule has 0 unspecified atom stereocenters. The molecule has 5 rings (SSSR count). The summed E-state index contributed by atoms with van der Waals surface area (Å²) in [4.78, 5) is 4.64. The van der Waals surface area contributed by atoms with Gasteiger partial charge in [-0.3, -0.25) is 4.99 Å². The predicted octanol–water partition coefficient (Wildman–Crippen LogP) is 7.25. The molecule has 35 heavy (non-hydrogen) atoms. The molecular formula is C30H27ClN2O2. The molecule has 0 fully saturated rings. The highest BCUT2D eigenvalue weighted by Gasteiger charge is 2.37. The zero-order valence-corrected chi connectivity index (χ0v) is 20.5. The van der Waals surface area contributed by atoms with Gasteiger partial charge in [0.25, 0.3) is 0 Å². The van der Waals surface area contributed by atoms with E-state index in [1.54, 1.807) is 19.4 Å². The number of ether oxygens (including phenoxy) is 2. The first-order chi connectivity index (χ1) is 17.1. The van der Waals surface area contributed by atoms with Crippen LogP contribution in [0.15, 0.2) is 71.7 Å². The summed E-state index contributed by atoms with van der Waals surface area (Å²) >= 11 is 6.38. The van der Waals surface area contributed by atoms with Crippen LogP contribution >= 0.6 is 11.6 Å². The number of nitrogens with zero attached hydrogens (tertiary/aromatic N) is 1. The van der Waals surface area contributed by atoms with E-state index in [0.717, 1.165) is 17.7 Å². The minimum atomic E-state index is 0.120. The predicted molar refractivity (Wildman–Crippen MR) is 144 cm³/mol. The van der Waals surface area contributed by atoms with Crippen LogP contribution in [0.2, 0.25) is 5.02 Å². The van der Waals surface area contributed by atoms with Crippen LogP contribution in [-0.2, 0) is 0 Å². The highest BCUT2D eigenvalue weighted by molar-refractivity contribution is 6.32. The van der Waals surface area contributed by atoms with Crippen LogP contribution in [0, 0.1) is 25.2 Å². The summed E-state index contributed by atoms with van der Waals surface area (Å²) in [7, 11) is 1.57. The number of aryl methyl sites for hydroxylation is 1. The molecule has 1 heterocycles. The minimum absolute atomic E-state index is 0.120. The van der Waals surface area contributed by atoms with Gasteiger partial charge in [0.1, 0.15) is 6.61 Å². The van der Waals surface area contributed by atoms with E-state index in [9.17, 15) is 0 Å². The summed E-state index contributed by atoms with van der Waals surface area (Å²) in [6, 6.07) is 19.0. The largest absolute Gasteiger partial charge is 0.493 e. The molecule has 1 aliphatic heterocycles. The van der Waals surface area contributed by atoms with E-state index in [1.807, 2.05) is 6.07 Å². The quantitative estimate of drug-likeness (QED) is 0.228. The fraction of sp³-hybridized carbons (Fsp3) is 0.233. The molecular weight excluding hydrogens is 456 g/mol. The Morgan fingerprint density at radius 3 is 2.77 bits per heavy atom. The highest BCUT2D eigenvalue weighted by atomic mass is 35.5. The summed E-state index contributed by atoms with van der Waals surface area (Å²) in [6.45, 7) is 2.28. The first-order valence-corrected chi connectivity index (χ1v) is 12.1. The molecule has 3 atom stereocenters. The van der Waals surface area contributed by atoms with E-state index in [0.29, 0.717) is 28.4 Å². The van der Waals surface area contributed by atoms with Crippen molar-refractivity contribution in [3.05, 3.63) is 94.0 Å². The number of hydrogen-bond donors (Lipinski definition) is 1. The highest BCUT2D eigenvalue weighted by Crippen LogP contribution is 2.50. The average molecular weight is 483 g/mol. The van der Waals surface area contributed by atoms with Crippen molar-refractivity contribution >= 4 is 29.2 Å². The second kappa shape index (κ2) is 9.90. The van der Waals surface area contributed by atoms with Gasteiger partial charge in [-0.25, -0.2) is 0 Å². The Bertz CT molecular complexity index is 1340. The molecule has 3 aromatic carbocycles. The number of halogens is 1. The lowest BCUT2D eigenvalue weighted by atomic mass is 9.76. The number of benzene rings is 3. The van der Waals surface area contributed by atoms with Gasteiger partial charge >= 0.3 is 0 Å². The number of methoxy groups -OCH3 is 1. The van der Waals surface area contributed by atoms with Crippen molar-refractivity contribution in [3.8, 4) is 23.8 Å².